The summed E-state index contributed by atoms with van der Waals surface area (Å²) in [7, 11) is 0. The summed E-state index contributed by atoms with van der Waals surface area (Å²) in [5.74, 6) is 0. The summed E-state index contributed by atoms with van der Waals surface area (Å²) < 4.78 is 5.73. The van der Waals surface area contributed by atoms with Gasteiger partial charge in [-0.15, -0.1) is 0 Å². The minimum Gasteiger partial charge on any atom is -0.378 e. The average Bonchev–Trinajstić information content (AvgIpc) is 2.87. The fourth-order valence-electron chi connectivity index (χ4n) is 3.40. The molecule has 1 aromatic rings. The van der Waals surface area contributed by atoms with Gasteiger partial charge in [0.2, 0.25) is 0 Å². The first-order valence-electron chi connectivity index (χ1n) is 7.68. The summed E-state index contributed by atoms with van der Waals surface area (Å²) in [6.45, 7) is 5.42. The number of ether oxygens (including phenoxy) is 1. The van der Waals surface area contributed by atoms with Crippen molar-refractivity contribution in [1.29, 1.82) is 0 Å². The Bertz CT molecular complexity index is 402. The quantitative estimate of drug-likeness (QED) is 0.877. The molecule has 1 aromatic carbocycles. The van der Waals surface area contributed by atoms with Crippen LogP contribution in [0.1, 0.15) is 43.2 Å². The Kier molecular flexibility index (Phi) is 3.90. The van der Waals surface area contributed by atoms with Gasteiger partial charge in [0.05, 0.1) is 6.10 Å². The van der Waals surface area contributed by atoms with E-state index in [0.29, 0.717) is 11.5 Å². The van der Waals surface area contributed by atoms with E-state index in [-0.39, 0.29) is 0 Å². The number of rotatable bonds is 5. The number of aryl methyl sites for hydroxylation is 1. The van der Waals surface area contributed by atoms with Gasteiger partial charge in [0.25, 0.3) is 0 Å². The van der Waals surface area contributed by atoms with Crippen molar-refractivity contribution in [3.63, 3.8) is 0 Å². The van der Waals surface area contributed by atoms with E-state index in [1.165, 1.54) is 43.2 Å². The van der Waals surface area contributed by atoms with Crippen molar-refractivity contribution in [3.8, 4) is 0 Å². The van der Waals surface area contributed by atoms with E-state index in [4.69, 9.17) is 4.74 Å². The number of hydrogen-bond donors (Lipinski definition) is 1. The second-order valence-corrected chi connectivity index (χ2v) is 6.28. The van der Waals surface area contributed by atoms with Crippen LogP contribution in [0.2, 0.25) is 0 Å². The Morgan fingerprint density at radius 2 is 2.05 bits per heavy atom. The van der Waals surface area contributed by atoms with Crippen LogP contribution in [-0.4, -0.2) is 25.8 Å². The highest BCUT2D eigenvalue weighted by atomic mass is 16.5. The van der Waals surface area contributed by atoms with Crippen LogP contribution in [-0.2, 0) is 10.2 Å². The summed E-state index contributed by atoms with van der Waals surface area (Å²) in [5.41, 5.74) is 3.27. The molecule has 0 aromatic heterocycles. The summed E-state index contributed by atoms with van der Waals surface area (Å²) in [6.07, 6.45) is 6.91. The normalized spacial score (nSPS) is 25.2. The van der Waals surface area contributed by atoms with E-state index in [2.05, 4.69) is 36.5 Å². The lowest BCUT2D eigenvalue weighted by Crippen LogP contribution is -2.56. The monoisotopic (exact) mass is 259 g/mol. The zero-order valence-corrected chi connectivity index (χ0v) is 12.0. The molecule has 2 saturated heterocycles. The highest BCUT2D eigenvalue weighted by molar-refractivity contribution is 5.32. The molecule has 2 fully saturated rings. The van der Waals surface area contributed by atoms with E-state index in [1.54, 1.807) is 0 Å². The number of benzene rings is 1. The predicted molar refractivity (Wildman–Crippen MR) is 78.6 cm³/mol. The molecule has 0 spiro atoms. The predicted octanol–water partition coefficient (Wildman–Crippen LogP) is 3.19. The maximum atomic E-state index is 5.73. The van der Waals surface area contributed by atoms with Crippen molar-refractivity contribution in [2.24, 2.45) is 0 Å². The summed E-state index contributed by atoms with van der Waals surface area (Å²) in [4.78, 5) is 0. The van der Waals surface area contributed by atoms with Crippen molar-refractivity contribution >= 4 is 0 Å². The molecule has 1 unspecified atom stereocenters. The van der Waals surface area contributed by atoms with E-state index in [1.807, 2.05) is 0 Å². The zero-order valence-electron chi connectivity index (χ0n) is 12.0. The van der Waals surface area contributed by atoms with Gasteiger partial charge >= 0.3 is 0 Å². The maximum absolute atomic E-state index is 5.73. The third-order valence-electron chi connectivity index (χ3n) is 4.80. The van der Waals surface area contributed by atoms with Crippen molar-refractivity contribution in [2.45, 2.75) is 50.5 Å². The minimum absolute atomic E-state index is 0.395. The van der Waals surface area contributed by atoms with E-state index in [0.717, 1.165) is 19.7 Å². The Labute approximate surface area is 116 Å². The average molecular weight is 259 g/mol. The molecule has 0 bridgehead atoms. The molecule has 2 heteroatoms. The molecule has 2 heterocycles. The lowest BCUT2D eigenvalue weighted by atomic mass is 9.71. The first-order valence-corrected chi connectivity index (χ1v) is 7.68. The van der Waals surface area contributed by atoms with Gasteiger partial charge < -0.3 is 10.1 Å². The lowest BCUT2D eigenvalue weighted by molar-refractivity contribution is 0.0980. The smallest absolute Gasteiger partial charge is 0.0576 e. The van der Waals surface area contributed by atoms with Gasteiger partial charge in [0.15, 0.2) is 0 Å². The van der Waals surface area contributed by atoms with Crippen LogP contribution in [0.3, 0.4) is 0 Å². The van der Waals surface area contributed by atoms with Gasteiger partial charge in [-0.3, -0.25) is 0 Å². The Balaban J connectivity index is 1.58. The fraction of sp³-hybridized carbons (Fsp3) is 0.647. The molecule has 3 rings (SSSR count). The van der Waals surface area contributed by atoms with E-state index >= 15 is 0 Å². The molecular weight excluding hydrogens is 234 g/mol. The van der Waals surface area contributed by atoms with Gasteiger partial charge in [-0.25, -0.2) is 0 Å². The van der Waals surface area contributed by atoms with Crippen molar-refractivity contribution in [2.75, 3.05) is 19.7 Å². The lowest BCUT2D eigenvalue weighted by Gasteiger charge is -2.43. The molecule has 0 amide bonds. The van der Waals surface area contributed by atoms with Crippen LogP contribution in [0, 0.1) is 6.92 Å². The molecule has 2 aliphatic heterocycles. The second-order valence-electron chi connectivity index (χ2n) is 6.28. The van der Waals surface area contributed by atoms with Crippen molar-refractivity contribution < 1.29 is 4.74 Å². The largest absolute Gasteiger partial charge is 0.378 e. The van der Waals surface area contributed by atoms with Gasteiger partial charge in [-0.05, 0) is 44.6 Å². The third kappa shape index (κ3) is 2.85. The van der Waals surface area contributed by atoms with Gasteiger partial charge in [-0.2, -0.15) is 0 Å². The molecule has 2 aliphatic rings. The van der Waals surface area contributed by atoms with Gasteiger partial charge in [0, 0.05) is 25.1 Å². The molecule has 0 radical (unpaired) electrons. The van der Waals surface area contributed by atoms with Crippen LogP contribution in [0.5, 0.6) is 0 Å². The highest BCUT2D eigenvalue weighted by Crippen LogP contribution is 2.34. The standard InChI is InChI=1S/C17H25NO/c1-14-6-8-15(9-7-14)17(12-18-13-17)10-2-4-16-5-3-11-19-16/h6-9,16,18H,2-5,10-13H2,1H3. The van der Waals surface area contributed by atoms with E-state index < -0.39 is 0 Å². The molecule has 2 nitrogen and oxygen atoms in total. The van der Waals surface area contributed by atoms with Gasteiger partial charge in [-0.1, -0.05) is 29.8 Å². The van der Waals surface area contributed by atoms with Crippen LogP contribution in [0.25, 0.3) is 0 Å². The van der Waals surface area contributed by atoms with Crippen molar-refractivity contribution in [1.82, 2.24) is 5.32 Å². The SMILES string of the molecule is Cc1ccc(C2(CCCC3CCCO3)CNC2)cc1. The highest BCUT2D eigenvalue weighted by Gasteiger charge is 2.38. The summed E-state index contributed by atoms with van der Waals surface area (Å²) in [6, 6.07) is 9.13. The molecule has 1 atom stereocenters. The first-order chi connectivity index (χ1) is 9.28. The Morgan fingerprint density at radius 3 is 2.63 bits per heavy atom. The molecule has 19 heavy (non-hydrogen) atoms. The first kappa shape index (κ1) is 13.1. The Morgan fingerprint density at radius 1 is 1.26 bits per heavy atom. The fourth-order valence-corrected chi connectivity index (χ4v) is 3.40. The number of nitrogens with one attached hydrogen (secondary N) is 1. The zero-order chi connectivity index (χ0) is 13.1. The molecule has 0 aliphatic carbocycles. The van der Waals surface area contributed by atoms with Gasteiger partial charge in [0.1, 0.15) is 0 Å². The molecule has 0 saturated carbocycles. The van der Waals surface area contributed by atoms with Crippen LogP contribution < -0.4 is 5.32 Å². The van der Waals surface area contributed by atoms with Crippen LogP contribution in [0.15, 0.2) is 24.3 Å². The minimum atomic E-state index is 0.395. The summed E-state index contributed by atoms with van der Waals surface area (Å²) in [5, 5.41) is 3.46. The number of hydrogen-bond acceptors (Lipinski definition) is 2. The molecule has 104 valence electrons. The maximum Gasteiger partial charge on any atom is 0.0576 e. The third-order valence-corrected chi connectivity index (χ3v) is 4.80. The Hall–Kier alpha value is -0.860. The second kappa shape index (κ2) is 5.64. The molecule has 1 N–H and O–H groups in total. The van der Waals surface area contributed by atoms with Crippen LogP contribution >= 0.6 is 0 Å². The van der Waals surface area contributed by atoms with Crippen LogP contribution in [0.4, 0.5) is 0 Å². The van der Waals surface area contributed by atoms with E-state index in [9.17, 15) is 0 Å². The topological polar surface area (TPSA) is 21.3 Å². The summed E-state index contributed by atoms with van der Waals surface area (Å²) >= 11 is 0. The van der Waals surface area contributed by atoms with Crippen molar-refractivity contribution in [3.05, 3.63) is 35.4 Å². The molecular formula is C17H25NO.